The standard InChI is InChI=1S/C12H17FN2O3S/c13-11-5-4-10(9-16)12(8-11)19(17,18)14-15-6-2-1-3-7-15/h4-5,8,14,16H,1-3,6-7,9H2. The lowest BCUT2D eigenvalue weighted by atomic mass is 10.2. The Morgan fingerprint density at radius 3 is 2.58 bits per heavy atom. The van der Waals surface area contributed by atoms with Crippen LogP contribution in [0, 0.1) is 5.82 Å². The van der Waals surface area contributed by atoms with E-state index >= 15 is 0 Å². The summed E-state index contributed by atoms with van der Waals surface area (Å²) >= 11 is 0. The third-order valence-electron chi connectivity index (χ3n) is 3.09. The predicted octanol–water partition coefficient (Wildman–Crippen LogP) is 0.997. The molecule has 1 saturated heterocycles. The Bertz CT molecular complexity index is 542. The van der Waals surface area contributed by atoms with Crippen LogP contribution in [0.5, 0.6) is 0 Å². The van der Waals surface area contributed by atoms with Gasteiger partial charge in [0, 0.05) is 13.1 Å². The molecule has 0 saturated carbocycles. The number of aliphatic hydroxyl groups excluding tert-OH is 1. The molecule has 0 atom stereocenters. The summed E-state index contributed by atoms with van der Waals surface area (Å²) in [7, 11) is -3.85. The zero-order valence-electron chi connectivity index (χ0n) is 10.5. The first-order chi connectivity index (χ1) is 9.03. The van der Waals surface area contributed by atoms with Crippen LogP contribution in [0.25, 0.3) is 0 Å². The van der Waals surface area contributed by atoms with Gasteiger partial charge in [0.05, 0.1) is 11.5 Å². The van der Waals surface area contributed by atoms with Gasteiger partial charge >= 0.3 is 0 Å². The second kappa shape index (κ2) is 5.96. The smallest absolute Gasteiger partial charge is 0.253 e. The average Bonchev–Trinajstić information content (AvgIpc) is 2.39. The van der Waals surface area contributed by atoms with Gasteiger partial charge in [-0.25, -0.2) is 17.8 Å². The zero-order valence-corrected chi connectivity index (χ0v) is 11.3. The van der Waals surface area contributed by atoms with Crippen LogP contribution in [0.2, 0.25) is 0 Å². The van der Waals surface area contributed by atoms with E-state index in [0.29, 0.717) is 13.1 Å². The fourth-order valence-electron chi connectivity index (χ4n) is 2.11. The molecule has 106 valence electrons. The molecule has 0 bridgehead atoms. The first-order valence-electron chi connectivity index (χ1n) is 6.19. The van der Waals surface area contributed by atoms with Gasteiger partial charge < -0.3 is 5.11 Å². The van der Waals surface area contributed by atoms with Crippen molar-refractivity contribution in [2.45, 2.75) is 30.8 Å². The summed E-state index contributed by atoms with van der Waals surface area (Å²) < 4.78 is 37.6. The van der Waals surface area contributed by atoms with Gasteiger partial charge in [0.25, 0.3) is 10.0 Å². The molecule has 1 heterocycles. The lowest BCUT2D eigenvalue weighted by Crippen LogP contribution is -2.45. The maximum atomic E-state index is 13.2. The van der Waals surface area contributed by atoms with Crippen LogP contribution in [-0.2, 0) is 16.6 Å². The Hall–Kier alpha value is -1.02. The van der Waals surface area contributed by atoms with Gasteiger partial charge in [-0.2, -0.15) is 0 Å². The number of aliphatic hydroxyl groups is 1. The van der Waals surface area contributed by atoms with Crippen LogP contribution in [0.15, 0.2) is 23.1 Å². The first kappa shape index (κ1) is 14.4. The number of nitrogens with one attached hydrogen (secondary N) is 1. The highest BCUT2D eigenvalue weighted by atomic mass is 32.2. The Morgan fingerprint density at radius 1 is 1.26 bits per heavy atom. The van der Waals surface area contributed by atoms with E-state index in [1.807, 2.05) is 0 Å². The number of piperidine rings is 1. The van der Waals surface area contributed by atoms with Crippen LogP contribution < -0.4 is 4.83 Å². The maximum Gasteiger partial charge on any atom is 0.253 e. The molecule has 0 radical (unpaired) electrons. The van der Waals surface area contributed by atoms with Crippen LogP contribution in [0.3, 0.4) is 0 Å². The van der Waals surface area contributed by atoms with Gasteiger partial charge in [-0.05, 0) is 30.5 Å². The maximum absolute atomic E-state index is 13.2. The summed E-state index contributed by atoms with van der Waals surface area (Å²) in [6, 6.07) is 3.34. The van der Waals surface area contributed by atoms with Gasteiger partial charge in [0.2, 0.25) is 0 Å². The molecule has 2 rings (SSSR count). The largest absolute Gasteiger partial charge is 0.392 e. The molecule has 1 aliphatic heterocycles. The van der Waals surface area contributed by atoms with Gasteiger partial charge in [-0.15, -0.1) is 4.83 Å². The number of sulfonamides is 1. The first-order valence-corrected chi connectivity index (χ1v) is 7.68. The molecule has 1 aromatic rings. The second-order valence-electron chi connectivity index (χ2n) is 4.55. The number of halogens is 1. The summed E-state index contributed by atoms with van der Waals surface area (Å²) in [6.07, 6.45) is 2.94. The highest BCUT2D eigenvalue weighted by molar-refractivity contribution is 7.89. The summed E-state index contributed by atoms with van der Waals surface area (Å²) in [5, 5.41) is 10.8. The van der Waals surface area contributed by atoms with Gasteiger partial charge in [0.15, 0.2) is 0 Å². The Kier molecular flexibility index (Phi) is 4.51. The molecule has 0 aliphatic carbocycles. The third kappa shape index (κ3) is 3.50. The molecule has 2 N–H and O–H groups in total. The molecular weight excluding hydrogens is 271 g/mol. The van der Waals surface area contributed by atoms with Crippen LogP contribution in [0.1, 0.15) is 24.8 Å². The SMILES string of the molecule is O=S(=O)(NN1CCCCC1)c1cc(F)ccc1CO. The molecule has 19 heavy (non-hydrogen) atoms. The summed E-state index contributed by atoms with van der Waals surface area (Å²) in [4.78, 5) is 2.23. The molecule has 0 unspecified atom stereocenters. The summed E-state index contributed by atoms with van der Waals surface area (Å²) in [5.41, 5.74) is 0.186. The van der Waals surface area contributed by atoms with E-state index in [4.69, 9.17) is 5.11 Å². The van der Waals surface area contributed by atoms with E-state index in [0.717, 1.165) is 31.4 Å². The van der Waals surface area contributed by atoms with Gasteiger partial charge in [-0.3, -0.25) is 0 Å². The number of hydrogen-bond donors (Lipinski definition) is 2. The van der Waals surface area contributed by atoms with E-state index in [1.165, 1.54) is 6.07 Å². The van der Waals surface area contributed by atoms with Gasteiger partial charge in [0.1, 0.15) is 5.82 Å². The Labute approximate surface area is 112 Å². The Balaban J connectivity index is 2.25. The van der Waals surface area contributed by atoms with Crippen molar-refractivity contribution in [2.75, 3.05) is 13.1 Å². The normalized spacial score (nSPS) is 17.6. The molecule has 1 fully saturated rings. The molecule has 0 amide bonds. The molecule has 7 heteroatoms. The minimum Gasteiger partial charge on any atom is -0.392 e. The zero-order chi connectivity index (χ0) is 13.9. The third-order valence-corrected chi connectivity index (χ3v) is 4.55. The monoisotopic (exact) mass is 288 g/mol. The summed E-state index contributed by atoms with van der Waals surface area (Å²) in [6.45, 7) is 0.836. The number of hydrogen-bond acceptors (Lipinski definition) is 4. The fraction of sp³-hybridized carbons (Fsp3) is 0.500. The van der Waals surface area contributed by atoms with E-state index < -0.39 is 22.4 Å². The second-order valence-corrected chi connectivity index (χ2v) is 6.18. The molecule has 0 aromatic heterocycles. The van der Waals surface area contributed by atoms with E-state index in [-0.39, 0.29) is 10.5 Å². The van der Waals surface area contributed by atoms with Crippen molar-refractivity contribution in [3.63, 3.8) is 0 Å². The minimum atomic E-state index is -3.85. The predicted molar refractivity (Wildman–Crippen MR) is 68.1 cm³/mol. The number of nitrogens with zero attached hydrogens (tertiary/aromatic N) is 1. The van der Waals surface area contributed by atoms with Crippen molar-refractivity contribution in [3.8, 4) is 0 Å². The molecule has 5 nitrogen and oxygen atoms in total. The van der Waals surface area contributed by atoms with Crippen molar-refractivity contribution < 1.29 is 17.9 Å². The van der Waals surface area contributed by atoms with Crippen LogP contribution in [0.4, 0.5) is 4.39 Å². The topological polar surface area (TPSA) is 69.6 Å². The fourth-order valence-corrected chi connectivity index (χ4v) is 3.48. The minimum absolute atomic E-state index is 0.186. The quantitative estimate of drug-likeness (QED) is 0.867. The Morgan fingerprint density at radius 2 is 1.95 bits per heavy atom. The van der Waals surface area contributed by atoms with Gasteiger partial charge in [-0.1, -0.05) is 12.5 Å². The van der Waals surface area contributed by atoms with E-state index in [1.54, 1.807) is 5.01 Å². The van der Waals surface area contributed by atoms with Crippen LogP contribution >= 0.6 is 0 Å². The summed E-state index contributed by atoms with van der Waals surface area (Å²) in [5.74, 6) is -0.642. The van der Waals surface area contributed by atoms with E-state index in [9.17, 15) is 12.8 Å². The van der Waals surface area contributed by atoms with E-state index in [2.05, 4.69) is 4.83 Å². The average molecular weight is 288 g/mol. The van der Waals surface area contributed by atoms with Crippen molar-refractivity contribution in [1.29, 1.82) is 0 Å². The molecule has 1 aromatic carbocycles. The number of rotatable bonds is 4. The number of benzene rings is 1. The van der Waals surface area contributed by atoms with Crippen molar-refractivity contribution >= 4 is 10.0 Å². The highest BCUT2D eigenvalue weighted by Crippen LogP contribution is 2.18. The van der Waals surface area contributed by atoms with Crippen molar-refractivity contribution in [1.82, 2.24) is 9.84 Å². The van der Waals surface area contributed by atoms with Crippen LogP contribution in [-0.4, -0.2) is 31.6 Å². The van der Waals surface area contributed by atoms with Crippen molar-refractivity contribution in [2.24, 2.45) is 0 Å². The van der Waals surface area contributed by atoms with Crippen molar-refractivity contribution in [3.05, 3.63) is 29.6 Å². The highest BCUT2D eigenvalue weighted by Gasteiger charge is 2.23. The molecular formula is C12H17FN2O3S. The lowest BCUT2D eigenvalue weighted by Gasteiger charge is -2.26. The molecule has 1 aliphatic rings. The number of hydrazine groups is 1. The molecule has 0 spiro atoms. The lowest BCUT2D eigenvalue weighted by molar-refractivity contribution is 0.199.